The molecule has 4 nitrogen and oxygen atoms in total. The van der Waals surface area contributed by atoms with Crippen molar-refractivity contribution in [1.82, 2.24) is 0 Å². The van der Waals surface area contributed by atoms with E-state index in [0.717, 1.165) is 25.7 Å². The van der Waals surface area contributed by atoms with Crippen molar-refractivity contribution in [2.24, 2.45) is 11.5 Å². The van der Waals surface area contributed by atoms with Gasteiger partial charge in [-0.2, -0.15) is 0 Å². The van der Waals surface area contributed by atoms with Gasteiger partial charge in [0.15, 0.2) is 0 Å². The summed E-state index contributed by atoms with van der Waals surface area (Å²) in [6.45, 7) is 4.56. The van der Waals surface area contributed by atoms with Crippen molar-refractivity contribution in [3.05, 3.63) is 0 Å². The van der Waals surface area contributed by atoms with Crippen LogP contribution in [0.1, 0.15) is 142 Å². The number of amides is 2. The summed E-state index contributed by atoms with van der Waals surface area (Å²) in [5, 5.41) is 0. The number of hydrogen-bond donors (Lipinski definition) is 2. The van der Waals surface area contributed by atoms with Gasteiger partial charge in [0, 0.05) is 12.8 Å². The zero-order valence-corrected chi connectivity index (χ0v) is 19.1. The third kappa shape index (κ3) is 32.6. The molecule has 4 heteroatoms. The van der Waals surface area contributed by atoms with Crippen LogP contribution >= 0.6 is 0 Å². The van der Waals surface area contributed by atoms with E-state index < -0.39 is 0 Å². The lowest BCUT2D eigenvalue weighted by Crippen LogP contribution is -2.09. The van der Waals surface area contributed by atoms with Crippen LogP contribution in [0.15, 0.2) is 0 Å². The quantitative estimate of drug-likeness (QED) is 0.221. The highest BCUT2D eigenvalue weighted by atomic mass is 16.1. The zero-order valence-electron chi connectivity index (χ0n) is 19.1. The fraction of sp³-hybridized carbons (Fsp3) is 0.917. The molecule has 0 saturated heterocycles. The van der Waals surface area contributed by atoms with Crippen LogP contribution in [0.5, 0.6) is 0 Å². The monoisotopic (exact) mass is 398 g/mol. The summed E-state index contributed by atoms with van der Waals surface area (Å²) < 4.78 is 0. The first-order valence-electron chi connectivity index (χ1n) is 12.1. The standard InChI is InChI=1S/C12H24N2O2.C12H26/c13-11(15)9-7-5-3-1-2-4-6-8-10-12(14)16;1-3-5-7-9-11-12-10-8-6-4-2/h1-10H2,(H2,13,15)(H2,14,16);3-12H2,1-2H3. The minimum absolute atomic E-state index is 0.202. The molecule has 0 spiro atoms. The molecule has 0 aliphatic carbocycles. The summed E-state index contributed by atoms with van der Waals surface area (Å²) in [4.78, 5) is 20.9. The lowest BCUT2D eigenvalue weighted by atomic mass is 10.1. The molecule has 0 aliphatic rings. The number of hydrogen-bond acceptors (Lipinski definition) is 2. The maximum Gasteiger partial charge on any atom is 0.217 e. The summed E-state index contributed by atoms with van der Waals surface area (Å²) in [5.41, 5.74) is 10.1. The molecule has 28 heavy (non-hydrogen) atoms. The Labute approximate surface area is 175 Å². The molecule has 0 fully saturated rings. The van der Waals surface area contributed by atoms with Crippen molar-refractivity contribution in [2.45, 2.75) is 142 Å². The SMILES string of the molecule is CCCCCCCCCCCC.NC(=O)CCCCCCCCCCC(N)=O. The minimum atomic E-state index is -0.202. The van der Waals surface area contributed by atoms with Crippen molar-refractivity contribution in [1.29, 1.82) is 0 Å². The Balaban J connectivity index is 0. The van der Waals surface area contributed by atoms with E-state index in [-0.39, 0.29) is 11.8 Å². The van der Waals surface area contributed by atoms with Crippen LogP contribution in [0, 0.1) is 0 Å². The molecular weight excluding hydrogens is 348 g/mol. The molecule has 2 amide bonds. The van der Waals surface area contributed by atoms with E-state index in [0.29, 0.717) is 12.8 Å². The van der Waals surface area contributed by atoms with E-state index in [1.807, 2.05) is 0 Å². The van der Waals surface area contributed by atoms with Crippen molar-refractivity contribution in [3.8, 4) is 0 Å². The summed E-state index contributed by atoms with van der Waals surface area (Å²) in [5.74, 6) is -0.405. The third-order valence-electron chi connectivity index (χ3n) is 5.05. The average Bonchev–Trinajstić information content (AvgIpc) is 2.65. The normalized spacial score (nSPS) is 10.4. The fourth-order valence-electron chi connectivity index (χ4n) is 3.22. The molecule has 0 heterocycles. The molecule has 0 atom stereocenters. The maximum atomic E-state index is 10.4. The molecule has 0 aromatic heterocycles. The molecule has 0 saturated carbocycles. The highest BCUT2D eigenvalue weighted by Crippen LogP contribution is 2.11. The zero-order chi connectivity index (χ0) is 21.3. The first-order chi connectivity index (χ1) is 13.5. The van der Waals surface area contributed by atoms with E-state index in [1.54, 1.807) is 0 Å². The van der Waals surface area contributed by atoms with E-state index in [2.05, 4.69) is 13.8 Å². The largest absolute Gasteiger partial charge is 0.370 e. The lowest BCUT2D eigenvalue weighted by Gasteiger charge is -2.01. The van der Waals surface area contributed by atoms with Gasteiger partial charge in [-0.3, -0.25) is 9.59 Å². The molecule has 0 radical (unpaired) electrons. The fourth-order valence-corrected chi connectivity index (χ4v) is 3.22. The van der Waals surface area contributed by atoms with Gasteiger partial charge >= 0.3 is 0 Å². The molecule has 0 bridgehead atoms. The molecule has 0 aromatic carbocycles. The molecule has 0 aliphatic heterocycles. The van der Waals surface area contributed by atoms with Gasteiger partial charge in [-0.1, -0.05) is 117 Å². The Hall–Kier alpha value is -1.06. The van der Waals surface area contributed by atoms with Gasteiger partial charge in [0.05, 0.1) is 0 Å². The van der Waals surface area contributed by atoms with Crippen molar-refractivity contribution < 1.29 is 9.59 Å². The van der Waals surface area contributed by atoms with Gasteiger partial charge in [0.1, 0.15) is 0 Å². The predicted molar refractivity (Wildman–Crippen MR) is 122 cm³/mol. The number of carbonyl (C=O) groups is 2. The Bertz CT molecular complexity index is 301. The second-order valence-corrected chi connectivity index (χ2v) is 8.09. The second kappa shape index (κ2) is 25.9. The number of primary amides is 2. The molecule has 0 unspecified atom stereocenters. The van der Waals surface area contributed by atoms with Gasteiger partial charge < -0.3 is 11.5 Å². The summed E-state index contributed by atoms with van der Waals surface area (Å²) in [7, 11) is 0. The van der Waals surface area contributed by atoms with E-state index in [1.165, 1.54) is 89.9 Å². The summed E-state index contributed by atoms with van der Waals surface area (Å²) in [6.07, 6.45) is 24.2. The average molecular weight is 399 g/mol. The number of carbonyl (C=O) groups excluding carboxylic acids is 2. The third-order valence-corrected chi connectivity index (χ3v) is 5.05. The molecular formula is C24H50N2O2. The highest BCUT2D eigenvalue weighted by molar-refractivity contribution is 5.73. The van der Waals surface area contributed by atoms with E-state index in [9.17, 15) is 9.59 Å². The van der Waals surface area contributed by atoms with Crippen LogP contribution < -0.4 is 11.5 Å². The Morgan fingerprint density at radius 3 is 0.857 bits per heavy atom. The molecule has 0 aromatic rings. The number of rotatable bonds is 20. The van der Waals surface area contributed by atoms with E-state index >= 15 is 0 Å². The Morgan fingerprint density at radius 1 is 0.429 bits per heavy atom. The van der Waals surface area contributed by atoms with Crippen LogP contribution in [0.2, 0.25) is 0 Å². The van der Waals surface area contributed by atoms with Gasteiger partial charge in [-0.15, -0.1) is 0 Å². The number of unbranched alkanes of at least 4 members (excludes halogenated alkanes) is 16. The van der Waals surface area contributed by atoms with Crippen LogP contribution in [0.25, 0.3) is 0 Å². The van der Waals surface area contributed by atoms with Gasteiger partial charge in [-0.25, -0.2) is 0 Å². The molecule has 4 N–H and O–H groups in total. The second-order valence-electron chi connectivity index (χ2n) is 8.09. The lowest BCUT2D eigenvalue weighted by molar-refractivity contribution is -0.119. The summed E-state index contributed by atoms with van der Waals surface area (Å²) >= 11 is 0. The van der Waals surface area contributed by atoms with Crippen LogP contribution in [-0.4, -0.2) is 11.8 Å². The highest BCUT2D eigenvalue weighted by Gasteiger charge is 1.96. The van der Waals surface area contributed by atoms with Crippen molar-refractivity contribution in [3.63, 3.8) is 0 Å². The van der Waals surface area contributed by atoms with E-state index in [4.69, 9.17) is 11.5 Å². The smallest absolute Gasteiger partial charge is 0.217 e. The van der Waals surface area contributed by atoms with Gasteiger partial charge in [0.25, 0.3) is 0 Å². The first-order valence-corrected chi connectivity index (χ1v) is 12.1. The Morgan fingerprint density at radius 2 is 0.643 bits per heavy atom. The Kier molecular flexibility index (Phi) is 27.0. The van der Waals surface area contributed by atoms with Gasteiger partial charge in [-0.05, 0) is 12.8 Å². The van der Waals surface area contributed by atoms with Crippen LogP contribution in [-0.2, 0) is 9.59 Å². The van der Waals surface area contributed by atoms with Crippen molar-refractivity contribution in [2.75, 3.05) is 0 Å². The topological polar surface area (TPSA) is 86.2 Å². The molecule has 168 valence electrons. The van der Waals surface area contributed by atoms with Crippen LogP contribution in [0.3, 0.4) is 0 Å². The number of nitrogens with two attached hydrogens (primary N) is 2. The first kappa shape index (κ1) is 29.1. The molecule has 0 rings (SSSR count). The maximum absolute atomic E-state index is 10.4. The minimum Gasteiger partial charge on any atom is -0.370 e. The summed E-state index contributed by atoms with van der Waals surface area (Å²) in [6, 6.07) is 0. The van der Waals surface area contributed by atoms with Gasteiger partial charge in [0.2, 0.25) is 11.8 Å². The van der Waals surface area contributed by atoms with Crippen molar-refractivity contribution >= 4 is 11.8 Å². The van der Waals surface area contributed by atoms with Crippen LogP contribution in [0.4, 0.5) is 0 Å². The predicted octanol–water partition coefficient (Wildman–Crippen LogP) is 6.79.